The van der Waals surface area contributed by atoms with E-state index in [0.29, 0.717) is 38.0 Å². The SMILES string of the molecule is CCC1(c2ccc(O)cc2)COc2cc(O)ccc2C1CCCCCCCCC(CCCCCCC(F)(F)C(F)(F)F)C(=O)O. The van der Waals surface area contributed by atoms with E-state index in [9.17, 15) is 42.1 Å². The van der Waals surface area contributed by atoms with Crippen molar-refractivity contribution in [3.8, 4) is 17.2 Å². The molecule has 0 amide bonds. The Kier molecular flexibility index (Phi) is 13.4. The van der Waals surface area contributed by atoms with Gasteiger partial charge in [-0.2, -0.15) is 22.0 Å². The molecule has 0 aromatic heterocycles. The summed E-state index contributed by atoms with van der Waals surface area (Å²) in [6, 6.07) is 12.7. The number of rotatable bonds is 19. The molecule has 0 aliphatic carbocycles. The quantitative estimate of drug-likeness (QED) is 0.105. The highest BCUT2D eigenvalue weighted by molar-refractivity contribution is 5.69. The van der Waals surface area contributed by atoms with Gasteiger partial charge in [0.1, 0.15) is 17.2 Å². The Bertz CT molecular complexity index is 1200. The van der Waals surface area contributed by atoms with Crippen LogP contribution < -0.4 is 4.74 Å². The zero-order valence-electron chi connectivity index (χ0n) is 26.1. The highest BCUT2D eigenvalue weighted by Crippen LogP contribution is 2.51. The molecule has 3 rings (SSSR count). The molecule has 0 fully saturated rings. The van der Waals surface area contributed by atoms with Crippen molar-refractivity contribution in [1.29, 1.82) is 0 Å². The standard InChI is InChI=1S/C35H47F5O5/c1-2-33(26-16-18-27(41)19-17-26)24-45-31-23-28(42)20-21-29(31)30(33)15-11-6-4-3-5-9-13-25(32(43)44)14-10-7-8-12-22-34(36,37)35(38,39)40/h16-21,23,25,30,41-42H,2-15,22,24H2,1H3,(H,43,44). The van der Waals surface area contributed by atoms with Crippen LogP contribution in [0.25, 0.3) is 0 Å². The van der Waals surface area contributed by atoms with Gasteiger partial charge in [0.2, 0.25) is 0 Å². The number of phenols is 2. The molecule has 0 radical (unpaired) electrons. The summed E-state index contributed by atoms with van der Waals surface area (Å²) in [4.78, 5) is 11.7. The molecule has 3 unspecified atom stereocenters. The zero-order chi connectivity index (χ0) is 33.1. The summed E-state index contributed by atoms with van der Waals surface area (Å²) in [6.07, 6.45) is 2.54. The summed E-state index contributed by atoms with van der Waals surface area (Å²) in [5.74, 6) is -4.84. The van der Waals surface area contributed by atoms with E-state index in [2.05, 4.69) is 6.92 Å². The Labute approximate surface area is 262 Å². The molecule has 2 aromatic rings. The van der Waals surface area contributed by atoms with Gasteiger partial charge in [-0.05, 0) is 61.4 Å². The second-order valence-corrected chi connectivity index (χ2v) is 12.5. The minimum Gasteiger partial charge on any atom is -0.508 e. The molecule has 0 spiro atoms. The molecule has 0 bridgehead atoms. The predicted molar refractivity (Wildman–Crippen MR) is 163 cm³/mol. The summed E-state index contributed by atoms with van der Waals surface area (Å²) >= 11 is 0. The summed E-state index contributed by atoms with van der Waals surface area (Å²) in [6.45, 7) is 2.63. The van der Waals surface area contributed by atoms with Crippen LogP contribution in [-0.4, -0.2) is 40.0 Å². The second kappa shape index (κ2) is 16.5. The molecule has 45 heavy (non-hydrogen) atoms. The molecule has 0 saturated carbocycles. The van der Waals surface area contributed by atoms with Crippen LogP contribution in [0.3, 0.4) is 0 Å². The number of carbonyl (C=O) groups is 1. The number of alkyl halides is 5. The van der Waals surface area contributed by atoms with Crippen molar-refractivity contribution in [2.24, 2.45) is 5.92 Å². The van der Waals surface area contributed by atoms with Gasteiger partial charge in [-0.3, -0.25) is 4.79 Å². The first kappa shape index (κ1) is 36.4. The zero-order valence-corrected chi connectivity index (χ0v) is 26.1. The van der Waals surface area contributed by atoms with E-state index in [0.717, 1.165) is 62.5 Å². The lowest BCUT2D eigenvalue weighted by Gasteiger charge is -2.45. The van der Waals surface area contributed by atoms with E-state index in [1.807, 2.05) is 18.2 Å². The Balaban J connectivity index is 1.40. The normalized spacial score (nSPS) is 19.1. The molecule has 10 heteroatoms. The topological polar surface area (TPSA) is 87.0 Å². The van der Waals surface area contributed by atoms with Crippen molar-refractivity contribution >= 4 is 5.97 Å². The molecule has 252 valence electrons. The molecular formula is C35H47F5O5. The van der Waals surface area contributed by atoms with Gasteiger partial charge in [0, 0.05) is 23.8 Å². The number of benzene rings is 2. The van der Waals surface area contributed by atoms with Gasteiger partial charge < -0.3 is 20.1 Å². The Morgan fingerprint density at radius 1 is 0.844 bits per heavy atom. The molecular weight excluding hydrogens is 595 g/mol. The maximum Gasteiger partial charge on any atom is 0.453 e. The Hall–Kier alpha value is -3.04. The van der Waals surface area contributed by atoms with Gasteiger partial charge in [0.15, 0.2) is 0 Å². The number of carboxylic acids is 1. The van der Waals surface area contributed by atoms with Crippen LogP contribution in [0, 0.1) is 5.92 Å². The number of carboxylic acid groups (broad SMARTS) is 1. The third kappa shape index (κ3) is 9.97. The molecule has 3 atom stereocenters. The molecule has 5 nitrogen and oxygen atoms in total. The lowest BCUT2D eigenvalue weighted by atomic mass is 9.63. The summed E-state index contributed by atoms with van der Waals surface area (Å²) in [5.41, 5.74) is 1.92. The Morgan fingerprint density at radius 2 is 1.40 bits per heavy atom. The molecule has 2 aromatic carbocycles. The van der Waals surface area contributed by atoms with Gasteiger partial charge in [-0.25, -0.2) is 0 Å². The maximum atomic E-state index is 13.0. The van der Waals surface area contributed by atoms with Crippen LogP contribution in [0.5, 0.6) is 17.2 Å². The molecule has 1 aliphatic rings. The van der Waals surface area contributed by atoms with Crippen LogP contribution in [0.4, 0.5) is 22.0 Å². The van der Waals surface area contributed by atoms with Crippen LogP contribution in [0.1, 0.15) is 120 Å². The van der Waals surface area contributed by atoms with Crippen LogP contribution in [0.15, 0.2) is 42.5 Å². The first-order valence-corrected chi connectivity index (χ1v) is 16.2. The van der Waals surface area contributed by atoms with Gasteiger partial charge in [-0.15, -0.1) is 0 Å². The number of halogens is 5. The van der Waals surface area contributed by atoms with Crippen molar-refractivity contribution in [2.75, 3.05) is 6.61 Å². The van der Waals surface area contributed by atoms with Crippen molar-refractivity contribution in [3.05, 3.63) is 53.6 Å². The second-order valence-electron chi connectivity index (χ2n) is 12.5. The predicted octanol–water partition coefficient (Wildman–Crippen LogP) is 10.3. The number of aliphatic carboxylic acids is 1. The van der Waals surface area contributed by atoms with E-state index in [1.54, 1.807) is 24.3 Å². The van der Waals surface area contributed by atoms with Crippen LogP contribution in [-0.2, 0) is 10.2 Å². The lowest BCUT2D eigenvalue weighted by Crippen LogP contribution is -2.42. The molecule has 1 aliphatic heterocycles. The maximum absolute atomic E-state index is 13.0. The number of unbranched alkanes of at least 4 members (excludes halogenated alkanes) is 8. The number of hydrogen-bond donors (Lipinski definition) is 3. The van der Waals surface area contributed by atoms with E-state index in [4.69, 9.17) is 4.74 Å². The summed E-state index contributed by atoms with van der Waals surface area (Å²) in [5, 5.41) is 29.4. The van der Waals surface area contributed by atoms with Crippen molar-refractivity contribution in [1.82, 2.24) is 0 Å². The van der Waals surface area contributed by atoms with E-state index in [1.165, 1.54) is 0 Å². The Morgan fingerprint density at radius 3 is 1.98 bits per heavy atom. The minimum atomic E-state index is -5.53. The third-order valence-corrected chi connectivity index (χ3v) is 9.45. The number of fused-ring (bicyclic) bond motifs is 1. The van der Waals surface area contributed by atoms with E-state index in [-0.39, 0.29) is 35.7 Å². The number of hydrogen-bond acceptors (Lipinski definition) is 4. The molecule has 3 N–H and O–H groups in total. The van der Waals surface area contributed by atoms with Crippen LogP contribution >= 0.6 is 0 Å². The van der Waals surface area contributed by atoms with Crippen molar-refractivity contribution < 1.29 is 46.8 Å². The van der Waals surface area contributed by atoms with Gasteiger partial charge in [-0.1, -0.05) is 82.9 Å². The first-order chi connectivity index (χ1) is 21.3. The smallest absolute Gasteiger partial charge is 0.453 e. The van der Waals surface area contributed by atoms with Gasteiger partial charge >= 0.3 is 18.1 Å². The van der Waals surface area contributed by atoms with Gasteiger partial charge in [0.05, 0.1) is 12.5 Å². The van der Waals surface area contributed by atoms with Crippen molar-refractivity contribution in [2.45, 2.75) is 127 Å². The summed E-state index contributed by atoms with van der Waals surface area (Å²) in [7, 11) is 0. The monoisotopic (exact) mass is 642 g/mol. The fourth-order valence-corrected chi connectivity index (χ4v) is 6.67. The minimum absolute atomic E-state index is 0.165. The number of aromatic hydroxyl groups is 2. The van der Waals surface area contributed by atoms with Gasteiger partial charge in [0.25, 0.3) is 0 Å². The average molecular weight is 643 g/mol. The van der Waals surface area contributed by atoms with E-state index < -0.39 is 30.4 Å². The van der Waals surface area contributed by atoms with E-state index >= 15 is 0 Å². The lowest BCUT2D eigenvalue weighted by molar-refractivity contribution is -0.284. The van der Waals surface area contributed by atoms with Crippen molar-refractivity contribution in [3.63, 3.8) is 0 Å². The number of ether oxygens (including phenoxy) is 1. The summed E-state index contributed by atoms with van der Waals surface area (Å²) < 4.78 is 68.9. The first-order valence-electron chi connectivity index (χ1n) is 16.2. The highest BCUT2D eigenvalue weighted by Gasteiger charge is 2.56. The highest BCUT2D eigenvalue weighted by atomic mass is 19.4. The fraction of sp³-hybridized carbons (Fsp3) is 0.629. The van der Waals surface area contributed by atoms with Crippen LogP contribution in [0.2, 0.25) is 0 Å². The fourth-order valence-electron chi connectivity index (χ4n) is 6.67. The molecule has 0 saturated heterocycles. The molecule has 1 heterocycles. The number of phenolic OH excluding ortho intramolecular Hbond substituents is 2. The third-order valence-electron chi connectivity index (χ3n) is 9.45. The largest absolute Gasteiger partial charge is 0.508 e. The average Bonchev–Trinajstić information content (AvgIpc) is 2.98.